The van der Waals surface area contributed by atoms with E-state index >= 15 is 0 Å². The van der Waals surface area contributed by atoms with Gasteiger partial charge in [-0.15, -0.1) is 11.3 Å². The van der Waals surface area contributed by atoms with E-state index < -0.39 is 0 Å². The number of nitrogens with one attached hydrogen (secondary N) is 1. The fraction of sp³-hybridized carbons (Fsp3) is 0.786. The maximum atomic E-state index is 5.56. The van der Waals surface area contributed by atoms with Gasteiger partial charge in [-0.2, -0.15) is 0 Å². The number of fused-ring (bicyclic) bond motifs is 1. The number of hydrogen-bond donors (Lipinski definition) is 1. The summed E-state index contributed by atoms with van der Waals surface area (Å²) >= 11 is 1.97. The summed E-state index contributed by atoms with van der Waals surface area (Å²) in [5.74, 6) is 0. The summed E-state index contributed by atoms with van der Waals surface area (Å²) in [6.45, 7) is 1.76. The Balaban J connectivity index is 1.66. The minimum atomic E-state index is 0.133. The van der Waals surface area contributed by atoms with E-state index in [0.717, 1.165) is 32.1 Å². The average molecular weight is 264 g/mol. The van der Waals surface area contributed by atoms with Crippen molar-refractivity contribution in [2.24, 2.45) is 0 Å². The minimum Gasteiger partial charge on any atom is -0.381 e. The average Bonchev–Trinajstić information content (AvgIpc) is 2.92. The quantitative estimate of drug-likeness (QED) is 0.910. The molecule has 0 spiro atoms. The number of aromatic nitrogens is 1. The Labute approximate surface area is 112 Å². The first kappa shape index (κ1) is 11.4. The minimum absolute atomic E-state index is 0.133. The van der Waals surface area contributed by atoms with Crippen molar-refractivity contribution >= 4 is 11.3 Å². The lowest BCUT2D eigenvalue weighted by molar-refractivity contribution is 0.0356. The van der Waals surface area contributed by atoms with Crippen LogP contribution < -0.4 is 5.32 Å². The summed E-state index contributed by atoms with van der Waals surface area (Å²) in [5.41, 5.74) is 1.52. The molecule has 98 valence electrons. The Morgan fingerprint density at radius 1 is 1.22 bits per heavy atom. The Morgan fingerprint density at radius 3 is 2.78 bits per heavy atom. The molecule has 1 aromatic rings. The van der Waals surface area contributed by atoms with Crippen molar-refractivity contribution in [2.75, 3.05) is 13.2 Å². The molecule has 2 fully saturated rings. The summed E-state index contributed by atoms with van der Waals surface area (Å²) in [4.78, 5) is 6.52. The van der Waals surface area contributed by atoms with E-state index in [1.54, 1.807) is 4.88 Å². The molecular weight excluding hydrogens is 244 g/mol. The van der Waals surface area contributed by atoms with Crippen molar-refractivity contribution in [1.29, 1.82) is 0 Å². The van der Waals surface area contributed by atoms with E-state index in [4.69, 9.17) is 9.72 Å². The third-order valence-electron chi connectivity index (χ3n) is 4.41. The van der Waals surface area contributed by atoms with Crippen molar-refractivity contribution in [3.8, 4) is 0 Å². The van der Waals surface area contributed by atoms with Crippen LogP contribution in [0, 0.1) is 0 Å². The zero-order chi connectivity index (χ0) is 12.0. The standard InChI is InChI=1S/C14H20N2OS/c1-2-11-12(3-1)18-13(15-11)14(16-10-4-5-10)6-8-17-9-7-14/h10,16H,1-9H2. The molecule has 1 aromatic heterocycles. The highest BCUT2D eigenvalue weighted by molar-refractivity contribution is 7.12. The fourth-order valence-electron chi connectivity index (χ4n) is 3.15. The third-order valence-corrected chi connectivity index (χ3v) is 5.77. The molecule has 0 aromatic carbocycles. The van der Waals surface area contributed by atoms with Crippen molar-refractivity contribution in [3.05, 3.63) is 15.6 Å². The molecule has 4 rings (SSSR count). The lowest BCUT2D eigenvalue weighted by Crippen LogP contribution is -2.47. The molecule has 0 radical (unpaired) electrons. The second kappa shape index (κ2) is 4.29. The van der Waals surface area contributed by atoms with Crippen LogP contribution in [0.3, 0.4) is 0 Å². The number of thiazole rings is 1. The van der Waals surface area contributed by atoms with Gasteiger partial charge in [0.05, 0.1) is 11.2 Å². The van der Waals surface area contributed by atoms with Gasteiger partial charge in [0.15, 0.2) is 0 Å². The molecule has 18 heavy (non-hydrogen) atoms. The van der Waals surface area contributed by atoms with Crippen LogP contribution >= 0.6 is 11.3 Å². The van der Waals surface area contributed by atoms with Crippen LogP contribution in [0.4, 0.5) is 0 Å². The number of rotatable bonds is 3. The molecule has 1 N–H and O–H groups in total. The van der Waals surface area contributed by atoms with Crippen LogP contribution in [0.2, 0.25) is 0 Å². The highest BCUT2D eigenvalue weighted by Crippen LogP contribution is 2.40. The van der Waals surface area contributed by atoms with Gasteiger partial charge in [0.25, 0.3) is 0 Å². The molecule has 0 unspecified atom stereocenters. The van der Waals surface area contributed by atoms with E-state index in [1.807, 2.05) is 11.3 Å². The largest absolute Gasteiger partial charge is 0.381 e. The van der Waals surface area contributed by atoms with Crippen LogP contribution in [-0.2, 0) is 23.1 Å². The maximum Gasteiger partial charge on any atom is 0.113 e. The van der Waals surface area contributed by atoms with E-state index in [-0.39, 0.29) is 5.54 Å². The van der Waals surface area contributed by atoms with Gasteiger partial charge >= 0.3 is 0 Å². The normalized spacial score (nSPS) is 26.2. The molecule has 2 heterocycles. The van der Waals surface area contributed by atoms with Crippen molar-refractivity contribution < 1.29 is 4.74 Å². The third kappa shape index (κ3) is 1.91. The van der Waals surface area contributed by atoms with Crippen LogP contribution in [0.5, 0.6) is 0 Å². The molecule has 1 saturated heterocycles. The predicted molar refractivity (Wildman–Crippen MR) is 72.0 cm³/mol. The van der Waals surface area contributed by atoms with Crippen molar-refractivity contribution in [1.82, 2.24) is 10.3 Å². The fourth-order valence-corrected chi connectivity index (χ4v) is 4.51. The van der Waals surface area contributed by atoms with Gasteiger partial charge in [-0.25, -0.2) is 4.98 Å². The SMILES string of the molecule is C1Cc2nc(C3(NC4CC4)CCOCC3)sc2C1. The molecule has 3 nitrogen and oxygen atoms in total. The molecule has 1 saturated carbocycles. The molecule has 2 aliphatic carbocycles. The lowest BCUT2D eigenvalue weighted by Gasteiger charge is -2.36. The number of ether oxygens (including phenoxy) is 1. The summed E-state index contributed by atoms with van der Waals surface area (Å²) in [7, 11) is 0. The second-order valence-corrected chi connectivity index (χ2v) is 6.94. The molecule has 0 atom stereocenters. The van der Waals surface area contributed by atoms with E-state index in [1.165, 1.54) is 42.8 Å². The van der Waals surface area contributed by atoms with Gasteiger partial charge in [-0.3, -0.25) is 0 Å². The Kier molecular flexibility index (Phi) is 2.71. The first-order valence-corrected chi connectivity index (χ1v) is 8.02. The highest BCUT2D eigenvalue weighted by Gasteiger charge is 2.42. The molecule has 1 aliphatic heterocycles. The van der Waals surface area contributed by atoms with Crippen molar-refractivity contribution in [2.45, 2.75) is 56.5 Å². The summed E-state index contributed by atoms with van der Waals surface area (Å²) in [6, 6.07) is 0.738. The maximum absolute atomic E-state index is 5.56. The van der Waals surface area contributed by atoms with Gasteiger partial charge < -0.3 is 10.1 Å². The molecule has 0 amide bonds. The van der Waals surface area contributed by atoms with Gasteiger partial charge in [0.1, 0.15) is 5.01 Å². The highest BCUT2D eigenvalue weighted by atomic mass is 32.1. The molecule has 0 bridgehead atoms. The van der Waals surface area contributed by atoms with Gasteiger partial charge in [-0.1, -0.05) is 0 Å². The molecular formula is C14H20N2OS. The zero-order valence-corrected chi connectivity index (χ0v) is 11.5. The van der Waals surface area contributed by atoms with Gasteiger partial charge in [0, 0.05) is 24.1 Å². The van der Waals surface area contributed by atoms with Crippen LogP contribution in [-0.4, -0.2) is 24.2 Å². The Morgan fingerprint density at radius 2 is 2.06 bits per heavy atom. The summed E-state index contributed by atoms with van der Waals surface area (Å²) < 4.78 is 5.56. The van der Waals surface area contributed by atoms with Crippen molar-refractivity contribution in [3.63, 3.8) is 0 Å². The van der Waals surface area contributed by atoms with Crippen LogP contribution in [0.25, 0.3) is 0 Å². The predicted octanol–water partition coefficient (Wildman–Crippen LogP) is 2.39. The van der Waals surface area contributed by atoms with E-state index in [2.05, 4.69) is 5.32 Å². The van der Waals surface area contributed by atoms with Crippen LogP contribution in [0.1, 0.15) is 47.7 Å². The van der Waals surface area contributed by atoms with Crippen LogP contribution in [0.15, 0.2) is 0 Å². The van der Waals surface area contributed by atoms with E-state index in [0.29, 0.717) is 0 Å². The number of aryl methyl sites for hydroxylation is 2. The first-order chi connectivity index (χ1) is 8.86. The second-order valence-electron chi connectivity index (χ2n) is 5.86. The molecule has 4 heteroatoms. The van der Waals surface area contributed by atoms with E-state index in [9.17, 15) is 0 Å². The van der Waals surface area contributed by atoms with Gasteiger partial charge in [0.2, 0.25) is 0 Å². The Bertz CT molecular complexity index is 425. The Hall–Kier alpha value is -0.450. The lowest BCUT2D eigenvalue weighted by atomic mass is 9.90. The molecule has 3 aliphatic rings. The number of hydrogen-bond acceptors (Lipinski definition) is 4. The first-order valence-electron chi connectivity index (χ1n) is 7.20. The smallest absolute Gasteiger partial charge is 0.113 e. The van der Waals surface area contributed by atoms with Gasteiger partial charge in [-0.05, 0) is 44.9 Å². The topological polar surface area (TPSA) is 34.2 Å². The summed E-state index contributed by atoms with van der Waals surface area (Å²) in [5, 5.41) is 5.23. The monoisotopic (exact) mass is 264 g/mol. The zero-order valence-electron chi connectivity index (χ0n) is 10.7. The summed E-state index contributed by atoms with van der Waals surface area (Å²) in [6.07, 6.45) is 8.62. The number of nitrogens with zero attached hydrogens (tertiary/aromatic N) is 1.